The zero-order valence-electron chi connectivity index (χ0n) is 10.7. The lowest BCUT2D eigenvalue weighted by atomic mass is 10.0. The first-order chi connectivity index (χ1) is 8.38. The van der Waals surface area contributed by atoms with Gasteiger partial charge in [-0.3, -0.25) is 0 Å². The molecule has 0 atom stereocenters. The molecule has 0 aromatic heterocycles. The first-order valence-corrected chi connectivity index (χ1v) is 9.23. The lowest BCUT2D eigenvalue weighted by molar-refractivity contribution is 0.0697. The Hall–Kier alpha value is -1.81. The van der Waals surface area contributed by atoms with Crippen molar-refractivity contribution in [1.82, 2.24) is 0 Å². The summed E-state index contributed by atoms with van der Waals surface area (Å²) in [5, 5.41) is 11.0. The third kappa shape index (κ3) is 2.54. The zero-order valence-corrected chi connectivity index (χ0v) is 11.7. The van der Waals surface area contributed by atoms with Gasteiger partial charge in [0, 0.05) is 0 Å². The Labute approximate surface area is 107 Å². The largest absolute Gasteiger partial charge is 0.544 e. The van der Waals surface area contributed by atoms with E-state index >= 15 is 0 Å². The van der Waals surface area contributed by atoms with Crippen LogP contribution in [0.15, 0.2) is 36.4 Å². The maximum Gasteiger partial charge on any atom is 0.340 e. The summed E-state index contributed by atoms with van der Waals surface area (Å²) in [6.07, 6.45) is 0. The van der Waals surface area contributed by atoms with Crippen LogP contribution in [0.5, 0.6) is 5.75 Å². The van der Waals surface area contributed by atoms with Crippen LogP contribution >= 0.6 is 0 Å². The second kappa shape index (κ2) is 4.46. The number of benzene rings is 2. The van der Waals surface area contributed by atoms with E-state index in [-0.39, 0.29) is 5.56 Å². The average Bonchev–Trinajstić information content (AvgIpc) is 2.26. The molecule has 0 fully saturated rings. The predicted octanol–water partition coefficient (Wildman–Crippen LogP) is 3.75. The van der Waals surface area contributed by atoms with Crippen molar-refractivity contribution in [3.8, 4) is 5.75 Å². The van der Waals surface area contributed by atoms with Gasteiger partial charge in [-0.2, -0.15) is 0 Å². The Kier molecular flexibility index (Phi) is 3.13. The summed E-state index contributed by atoms with van der Waals surface area (Å²) in [6.45, 7) is 6.11. The van der Waals surface area contributed by atoms with Gasteiger partial charge in [0.15, 0.2) is 0 Å². The van der Waals surface area contributed by atoms with Gasteiger partial charge in [0.05, 0.1) is 0 Å². The minimum Gasteiger partial charge on any atom is -0.544 e. The molecule has 18 heavy (non-hydrogen) atoms. The van der Waals surface area contributed by atoms with E-state index in [1.165, 1.54) is 0 Å². The van der Waals surface area contributed by atoms with Crippen LogP contribution in [0.3, 0.4) is 0 Å². The van der Waals surface area contributed by atoms with Crippen LogP contribution in [0.25, 0.3) is 10.8 Å². The molecule has 0 heterocycles. The van der Waals surface area contributed by atoms with Crippen LogP contribution in [-0.4, -0.2) is 19.4 Å². The van der Waals surface area contributed by atoms with Gasteiger partial charge in [-0.25, -0.2) is 4.79 Å². The van der Waals surface area contributed by atoms with Crippen molar-refractivity contribution >= 4 is 25.1 Å². The highest BCUT2D eigenvalue weighted by molar-refractivity contribution is 6.70. The van der Waals surface area contributed by atoms with Crippen LogP contribution in [0, 0.1) is 0 Å². The van der Waals surface area contributed by atoms with Crippen molar-refractivity contribution in [3.05, 3.63) is 42.0 Å². The van der Waals surface area contributed by atoms with Crippen molar-refractivity contribution < 1.29 is 14.3 Å². The van der Waals surface area contributed by atoms with E-state index in [1.807, 2.05) is 50.0 Å². The molecule has 0 bridgehead atoms. The third-order valence-corrected chi connectivity index (χ3v) is 3.35. The van der Waals surface area contributed by atoms with Gasteiger partial charge < -0.3 is 9.53 Å². The number of carbonyl (C=O) groups is 1. The highest BCUT2D eigenvalue weighted by Gasteiger charge is 2.22. The van der Waals surface area contributed by atoms with Crippen molar-refractivity contribution in [1.29, 1.82) is 0 Å². The van der Waals surface area contributed by atoms with Crippen molar-refractivity contribution in [3.63, 3.8) is 0 Å². The maximum absolute atomic E-state index is 11.5. The molecule has 1 N–H and O–H groups in total. The second-order valence-electron chi connectivity index (χ2n) is 5.18. The fraction of sp³-hybridized carbons (Fsp3) is 0.214. The molecule has 0 saturated carbocycles. The topological polar surface area (TPSA) is 46.5 Å². The SMILES string of the molecule is C[Si](C)(C)Oc1ccc2ccccc2c1C(=O)O. The minimum atomic E-state index is -1.83. The highest BCUT2D eigenvalue weighted by Crippen LogP contribution is 2.29. The average molecular weight is 260 g/mol. The number of hydrogen-bond donors (Lipinski definition) is 1. The Bertz CT molecular complexity index is 600. The second-order valence-corrected chi connectivity index (χ2v) is 9.61. The van der Waals surface area contributed by atoms with Gasteiger partial charge in [-0.15, -0.1) is 0 Å². The van der Waals surface area contributed by atoms with Crippen molar-refractivity contribution in [2.24, 2.45) is 0 Å². The summed E-state index contributed by atoms with van der Waals surface area (Å²) in [6, 6.07) is 11.1. The molecule has 0 saturated heterocycles. The monoisotopic (exact) mass is 260 g/mol. The summed E-state index contributed by atoms with van der Waals surface area (Å²) in [5.74, 6) is -0.472. The third-order valence-electron chi connectivity index (χ3n) is 2.52. The summed E-state index contributed by atoms with van der Waals surface area (Å²) in [5.41, 5.74) is 0.260. The molecule has 2 rings (SSSR count). The van der Waals surface area contributed by atoms with Gasteiger partial charge in [-0.05, 0) is 36.5 Å². The lowest BCUT2D eigenvalue weighted by Crippen LogP contribution is -2.30. The maximum atomic E-state index is 11.5. The van der Waals surface area contributed by atoms with Gasteiger partial charge in [0.2, 0.25) is 8.32 Å². The molecule has 3 nitrogen and oxygen atoms in total. The molecule has 94 valence electrons. The Morgan fingerprint density at radius 3 is 2.39 bits per heavy atom. The van der Waals surface area contributed by atoms with Gasteiger partial charge >= 0.3 is 5.97 Å². The fourth-order valence-electron chi connectivity index (χ4n) is 1.89. The molecule has 0 spiro atoms. The van der Waals surface area contributed by atoms with Gasteiger partial charge in [0.25, 0.3) is 0 Å². The van der Waals surface area contributed by atoms with Crippen LogP contribution < -0.4 is 4.43 Å². The molecule has 0 unspecified atom stereocenters. The molecule has 2 aromatic carbocycles. The Balaban J connectivity index is 2.67. The summed E-state index contributed by atoms with van der Waals surface area (Å²) in [7, 11) is -1.83. The summed E-state index contributed by atoms with van der Waals surface area (Å²) < 4.78 is 5.86. The normalized spacial score (nSPS) is 11.5. The number of fused-ring (bicyclic) bond motifs is 1. The van der Waals surface area contributed by atoms with E-state index in [4.69, 9.17) is 4.43 Å². The molecule has 4 heteroatoms. The van der Waals surface area contributed by atoms with E-state index in [9.17, 15) is 9.90 Å². The van der Waals surface area contributed by atoms with Crippen LogP contribution in [0.2, 0.25) is 19.6 Å². The smallest absolute Gasteiger partial charge is 0.340 e. The van der Waals surface area contributed by atoms with Gasteiger partial charge in [0.1, 0.15) is 11.3 Å². The number of rotatable bonds is 3. The Morgan fingerprint density at radius 2 is 1.78 bits per heavy atom. The molecule has 0 amide bonds. The summed E-state index contributed by atoms with van der Waals surface area (Å²) >= 11 is 0. The zero-order chi connectivity index (χ0) is 13.3. The highest BCUT2D eigenvalue weighted by atomic mass is 28.4. The molecule has 0 aliphatic carbocycles. The van der Waals surface area contributed by atoms with E-state index in [1.54, 1.807) is 6.07 Å². The number of carboxylic acid groups (broad SMARTS) is 1. The van der Waals surface area contributed by atoms with E-state index in [2.05, 4.69) is 0 Å². The van der Waals surface area contributed by atoms with E-state index in [0.29, 0.717) is 5.75 Å². The molecular formula is C14H16O3Si. The molecular weight excluding hydrogens is 244 g/mol. The molecule has 0 radical (unpaired) electrons. The molecule has 0 aliphatic heterocycles. The number of aromatic carboxylic acids is 1. The standard InChI is InChI=1S/C14H16O3Si/c1-18(2,3)17-12-9-8-10-6-4-5-7-11(10)13(12)14(15)16/h4-9H,1-3H3,(H,15,16). The number of carboxylic acids is 1. The predicted molar refractivity (Wildman–Crippen MR) is 74.9 cm³/mol. The first kappa shape index (κ1) is 12.6. The van der Waals surface area contributed by atoms with E-state index in [0.717, 1.165) is 10.8 Å². The summed E-state index contributed by atoms with van der Waals surface area (Å²) in [4.78, 5) is 11.5. The molecule has 2 aromatic rings. The Morgan fingerprint density at radius 1 is 1.11 bits per heavy atom. The van der Waals surface area contributed by atoms with Gasteiger partial charge in [-0.1, -0.05) is 30.3 Å². The lowest BCUT2D eigenvalue weighted by Gasteiger charge is -2.21. The fourth-order valence-corrected chi connectivity index (χ4v) is 2.72. The number of hydrogen-bond acceptors (Lipinski definition) is 2. The van der Waals surface area contributed by atoms with Crippen molar-refractivity contribution in [2.45, 2.75) is 19.6 Å². The first-order valence-electron chi connectivity index (χ1n) is 5.82. The van der Waals surface area contributed by atoms with Crippen LogP contribution in [0.1, 0.15) is 10.4 Å². The van der Waals surface area contributed by atoms with Crippen molar-refractivity contribution in [2.75, 3.05) is 0 Å². The van der Waals surface area contributed by atoms with E-state index < -0.39 is 14.3 Å². The van der Waals surface area contributed by atoms with Crippen LogP contribution in [-0.2, 0) is 0 Å². The molecule has 0 aliphatic rings. The van der Waals surface area contributed by atoms with Crippen LogP contribution in [0.4, 0.5) is 0 Å². The minimum absolute atomic E-state index is 0.260. The quantitative estimate of drug-likeness (QED) is 0.855.